The van der Waals surface area contributed by atoms with Gasteiger partial charge in [-0.3, -0.25) is 14.3 Å². The first-order valence-electron chi connectivity index (χ1n) is 8.14. The summed E-state index contributed by atoms with van der Waals surface area (Å²) >= 11 is 5.77. The number of hydrogen-bond acceptors (Lipinski definition) is 4. The zero-order chi connectivity index (χ0) is 19.9. The zero-order valence-corrected chi connectivity index (χ0v) is 16.2. The maximum Gasteiger partial charge on any atom is 0.251 e. The Morgan fingerprint density at radius 3 is 2.15 bits per heavy atom. The van der Waals surface area contributed by atoms with Gasteiger partial charge in [0, 0.05) is 34.9 Å². The van der Waals surface area contributed by atoms with Crippen molar-refractivity contribution in [2.24, 2.45) is 0 Å². The second-order valence-corrected chi connectivity index (χ2v) is 8.05. The lowest BCUT2D eigenvalue weighted by Gasteiger charge is -2.08. The van der Waals surface area contributed by atoms with E-state index in [4.69, 9.17) is 11.6 Å². The molecule has 2 rings (SSSR count). The number of halogens is 1. The SMILES string of the molecule is CS(=O)(=O)Nc1ccc(NC(=O)CCCNC(=O)c2ccc(Cl)cc2)cc1. The van der Waals surface area contributed by atoms with E-state index in [1.54, 1.807) is 48.5 Å². The molecular formula is C18H20ClN3O4S. The molecule has 0 bridgehead atoms. The zero-order valence-electron chi connectivity index (χ0n) is 14.7. The molecule has 0 aromatic heterocycles. The normalized spacial score (nSPS) is 10.9. The van der Waals surface area contributed by atoms with Crippen molar-refractivity contribution >= 4 is 44.8 Å². The maximum atomic E-state index is 11.9. The van der Waals surface area contributed by atoms with E-state index in [0.717, 1.165) is 6.26 Å². The average molecular weight is 410 g/mol. The third kappa shape index (κ3) is 7.67. The van der Waals surface area contributed by atoms with Crippen LogP contribution in [0, 0.1) is 0 Å². The van der Waals surface area contributed by atoms with Gasteiger partial charge in [0.2, 0.25) is 15.9 Å². The van der Waals surface area contributed by atoms with Gasteiger partial charge in [0.15, 0.2) is 0 Å². The molecule has 0 aliphatic carbocycles. The van der Waals surface area contributed by atoms with Crippen LogP contribution in [0.5, 0.6) is 0 Å². The molecule has 2 amide bonds. The molecule has 0 saturated heterocycles. The van der Waals surface area contributed by atoms with E-state index in [-0.39, 0.29) is 18.2 Å². The Balaban J connectivity index is 1.71. The number of rotatable bonds is 8. The number of amides is 2. The molecule has 9 heteroatoms. The van der Waals surface area contributed by atoms with Crippen LogP contribution < -0.4 is 15.4 Å². The summed E-state index contributed by atoms with van der Waals surface area (Å²) in [4.78, 5) is 23.8. The van der Waals surface area contributed by atoms with Gasteiger partial charge >= 0.3 is 0 Å². The molecule has 7 nitrogen and oxygen atoms in total. The van der Waals surface area contributed by atoms with E-state index in [1.165, 1.54) is 0 Å². The summed E-state index contributed by atoms with van der Waals surface area (Å²) in [6.45, 7) is 0.367. The Morgan fingerprint density at radius 1 is 0.963 bits per heavy atom. The molecule has 0 atom stereocenters. The van der Waals surface area contributed by atoms with E-state index < -0.39 is 10.0 Å². The van der Waals surface area contributed by atoms with Gasteiger partial charge in [-0.15, -0.1) is 0 Å². The molecule has 27 heavy (non-hydrogen) atoms. The first-order valence-corrected chi connectivity index (χ1v) is 10.4. The summed E-state index contributed by atoms with van der Waals surface area (Å²) < 4.78 is 24.6. The van der Waals surface area contributed by atoms with Gasteiger partial charge < -0.3 is 10.6 Å². The predicted molar refractivity (Wildman–Crippen MR) is 107 cm³/mol. The lowest BCUT2D eigenvalue weighted by atomic mass is 10.2. The van der Waals surface area contributed by atoms with Crippen LogP contribution >= 0.6 is 11.6 Å². The van der Waals surface area contributed by atoms with Gasteiger partial charge in [-0.25, -0.2) is 8.42 Å². The number of hydrogen-bond donors (Lipinski definition) is 3. The highest BCUT2D eigenvalue weighted by molar-refractivity contribution is 7.92. The number of benzene rings is 2. The Hall–Kier alpha value is -2.58. The third-order valence-electron chi connectivity index (χ3n) is 3.44. The summed E-state index contributed by atoms with van der Waals surface area (Å²) in [6, 6.07) is 12.9. The summed E-state index contributed by atoms with van der Waals surface area (Å²) in [5.74, 6) is -0.416. The lowest BCUT2D eigenvalue weighted by Crippen LogP contribution is -2.25. The Labute approximate surface area is 163 Å². The number of anilines is 2. The highest BCUT2D eigenvalue weighted by Gasteiger charge is 2.07. The summed E-state index contributed by atoms with van der Waals surface area (Å²) in [6.07, 6.45) is 1.79. The van der Waals surface area contributed by atoms with E-state index in [2.05, 4.69) is 15.4 Å². The van der Waals surface area contributed by atoms with E-state index >= 15 is 0 Å². The van der Waals surface area contributed by atoms with Gasteiger partial charge in [-0.05, 0) is 55.0 Å². The second-order valence-electron chi connectivity index (χ2n) is 5.87. The molecule has 3 N–H and O–H groups in total. The first-order chi connectivity index (χ1) is 12.7. The molecule has 2 aromatic carbocycles. The van der Waals surface area contributed by atoms with Gasteiger partial charge in [-0.1, -0.05) is 11.6 Å². The van der Waals surface area contributed by atoms with E-state index in [9.17, 15) is 18.0 Å². The van der Waals surface area contributed by atoms with Crippen molar-refractivity contribution in [3.05, 3.63) is 59.1 Å². The van der Waals surface area contributed by atoms with Crippen LogP contribution in [0.1, 0.15) is 23.2 Å². The average Bonchev–Trinajstić information content (AvgIpc) is 2.59. The van der Waals surface area contributed by atoms with Gasteiger partial charge in [0.05, 0.1) is 6.26 Å². The van der Waals surface area contributed by atoms with Crippen LogP contribution in [-0.2, 0) is 14.8 Å². The Morgan fingerprint density at radius 2 is 1.56 bits per heavy atom. The van der Waals surface area contributed by atoms with Crippen LogP contribution in [-0.4, -0.2) is 33.0 Å². The van der Waals surface area contributed by atoms with Crippen molar-refractivity contribution in [3.63, 3.8) is 0 Å². The fourth-order valence-electron chi connectivity index (χ4n) is 2.21. The molecular weight excluding hydrogens is 390 g/mol. The molecule has 0 heterocycles. The Kier molecular flexibility index (Phi) is 7.20. The monoisotopic (exact) mass is 409 g/mol. The topological polar surface area (TPSA) is 104 Å². The fourth-order valence-corrected chi connectivity index (χ4v) is 2.90. The number of carbonyl (C=O) groups is 2. The predicted octanol–water partition coefficient (Wildman–Crippen LogP) is 2.86. The fraction of sp³-hybridized carbons (Fsp3) is 0.222. The maximum absolute atomic E-state index is 11.9. The molecule has 144 valence electrons. The molecule has 0 saturated carbocycles. The quantitative estimate of drug-likeness (QED) is 0.583. The largest absolute Gasteiger partial charge is 0.352 e. The molecule has 0 fully saturated rings. The Bertz CT molecular complexity index is 897. The summed E-state index contributed by atoms with van der Waals surface area (Å²) in [5.41, 5.74) is 1.48. The van der Waals surface area contributed by atoms with Gasteiger partial charge in [-0.2, -0.15) is 0 Å². The molecule has 0 unspecified atom stereocenters. The second kappa shape index (κ2) is 9.38. The smallest absolute Gasteiger partial charge is 0.251 e. The number of carbonyl (C=O) groups excluding carboxylic acids is 2. The van der Waals surface area contributed by atoms with E-state index in [0.29, 0.717) is 34.9 Å². The molecule has 0 aliphatic heterocycles. The highest BCUT2D eigenvalue weighted by Crippen LogP contribution is 2.15. The summed E-state index contributed by atoms with van der Waals surface area (Å²) in [7, 11) is -3.34. The highest BCUT2D eigenvalue weighted by atomic mass is 35.5. The van der Waals surface area contributed by atoms with Crippen molar-refractivity contribution in [2.45, 2.75) is 12.8 Å². The van der Waals surface area contributed by atoms with E-state index in [1.807, 2.05) is 0 Å². The minimum absolute atomic E-state index is 0.195. The van der Waals surface area contributed by atoms with Crippen molar-refractivity contribution in [2.75, 3.05) is 22.8 Å². The summed E-state index contributed by atoms with van der Waals surface area (Å²) in [5, 5.41) is 6.01. The molecule has 0 spiro atoms. The van der Waals surface area contributed by atoms with Gasteiger partial charge in [0.1, 0.15) is 0 Å². The lowest BCUT2D eigenvalue weighted by molar-refractivity contribution is -0.116. The number of nitrogens with one attached hydrogen (secondary N) is 3. The van der Waals surface area contributed by atoms with Crippen LogP contribution in [0.2, 0.25) is 5.02 Å². The first kappa shape index (κ1) is 20.7. The minimum Gasteiger partial charge on any atom is -0.352 e. The van der Waals surface area contributed by atoms with Crippen molar-refractivity contribution < 1.29 is 18.0 Å². The van der Waals surface area contributed by atoms with Crippen LogP contribution in [0.15, 0.2) is 48.5 Å². The number of sulfonamides is 1. The van der Waals surface area contributed by atoms with Crippen LogP contribution in [0.3, 0.4) is 0 Å². The van der Waals surface area contributed by atoms with Crippen molar-refractivity contribution in [1.29, 1.82) is 0 Å². The third-order valence-corrected chi connectivity index (χ3v) is 4.30. The van der Waals surface area contributed by atoms with Gasteiger partial charge in [0.25, 0.3) is 5.91 Å². The van der Waals surface area contributed by atoms with Crippen LogP contribution in [0.25, 0.3) is 0 Å². The van der Waals surface area contributed by atoms with Crippen LogP contribution in [0.4, 0.5) is 11.4 Å². The van der Waals surface area contributed by atoms with Crippen molar-refractivity contribution in [3.8, 4) is 0 Å². The minimum atomic E-state index is -3.34. The standard InChI is InChI=1S/C18H20ClN3O4S/c1-27(25,26)22-16-10-8-15(9-11-16)21-17(23)3-2-12-20-18(24)13-4-6-14(19)7-5-13/h4-11,22H,2-3,12H2,1H3,(H,20,24)(H,21,23). The van der Waals surface area contributed by atoms with Crippen molar-refractivity contribution in [1.82, 2.24) is 5.32 Å². The molecule has 2 aromatic rings. The molecule has 0 aliphatic rings. The molecule has 0 radical (unpaired) electrons.